The summed E-state index contributed by atoms with van der Waals surface area (Å²) >= 11 is 0. The van der Waals surface area contributed by atoms with E-state index >= 15 is 0 Å². The largest absolute Gasteiger partial charge is 0.462 e. The summed E-state index contributed by atoms with van der Waals surface area (Å²) in [6.45, 7) is 6.67. The Bertz CT molecular complexity index is 1270. The number of rotatable bonds is 63. The molecular formula is C70H130O6. The van der Waals surface area contributed by atoms with Crippen LogP contribution in [0.4, 0.5) is 0 Å². The van der Waals surface area contributed by atoms with Crippen molar-refractivity contribution in [2.24, 2.45) is 0 Å². The van der Waals surface area contributed by atoms with Crippen LogP contribution in [-0.2, 0) is 28.6 Å². The fourth-order valence-electron chi connectivity index (χ4n) is 10.2. The Labute approximate surface area is 474 Å². The molecule has 1 unspecified atom stereocenters. The van der Waals surface area contributed by atoms with Crippen molar-refractivity contribution in [2.45, 2.75) is 380 Å². The maximum Gasteiger partial charge on any atom is 0.306 e. The van der Waals surface area contributed by atoms with Gasteiger partial charge in [-0.25, -0.2) is 0 Å². The van der Waals surface area contributed by atoms with Crippen LogP contribution in [0.2, 0.25) is 0 Å². The summed E-state index contributed by atoms with van der Waals surface area (Å²) in [4.78, 5) is 38.4. The van der Waals surface area contributed by atoms with Crippen molar-refractivity contribution in [2.75, 3.05) is 13.2 Å². The van der Waals surface area contributed by atoms with Crippen LogP contribution in [0, 0.1) is 0 Å². The highest BCUT2D eigenvalue weighted by Gasteiger charge is 2.19. The predicted molar refractivity (Wildman–Crippen MR) is 330 cm³/mol. The van der Waals surface area contributed by atoms with Crippen LogP contribution in [0.3, 0.4) is 0 Å². The molecule has 0 aliphatic heterocycles. The summed E-state index contributed by atoms with van der Waals surface area (Å²) < 4.78 is 17.0. The van der Waals surface area contributed by atoms with Crippen LogP contribution in [0.15, 0.2) is 36.5 Å². The molecule has 0 spiro atoms. The summed E-state index contributed by atoms with van der Waals surface area (Å²) in [7, 11) is 0. The van der Waals surface area contributed by atoms with E-state index < -0.39 is 6.10 Å². The third-order valence-corrected chi connectivity index (χ3v) is 15.4. The van der Waals surface area contributed by atoms with Crippen molar-refractivity contribution < 1.29 is 28.6 Å². The number of ether oxygens (including phenoxy) is 3. The molecule has 6 nitrogen and oxygen atoms in total. The van der Waals surface area contributed by atoms with Gasteiger partial charge in [-0.1, -0.05) is 314 Å². The molecular weight excluding hydrogens is 937 g/mol. The molecule has 0 N–H and O–H groups in total. The first-order valence-corrected chi connectivity index (χ1v) is 34.0. The summed E-state index contributed by atoms with van der Waals surface area (Å²) in [5.74, 6) is -0.858. The first-order chi connectivity index (χ1) is 37.5. The van der Waals surface area contributed by atoms with E-state index in [1.807, 2.05) is 0 Å². The molecule has 0 aromatic carbocycles. The molecule has 446 valence electrons. The normalized spacial score (nSPS) is 12.2. The van der Waals surface area contributed by atoms with E-state index in [4.69, 9.17) is 14.2 Å². The molecule has 0 aromatic rings. The van der Waals surface area contributed by atoms with Crippen molar-refractivity contribution >= 4 is 17.9 Å². The molecule has 0 fully saturated rings. The van der Waals surface area contributed by atoms with Gasteiger partial charge in [0.2, 0.25) is 0 Å². The summed E-state index contributed by atoms with van der Waals surface area (Å²) in [6, 6.07) is 0. The van der Waals surface area contributed by atoms with Gasteiger partial charge in [-0.3, -0.25) is 14.4 Å². The molecule has 0 aliphatic rings. The highest BCUT2D eigenvalue weighted by molar-refractivity contribution is 5.71. The van der Waals surface area contributed by atoms with Crippen molar-refractivity contribution in [3.05, 3.63) is 36.5 Å². The molecule has 0 saturated carbocycles. The van der Waals surface area contributed by atoms with E-state index in [-0.39, 0.29) is 31.1 Å². The lowest BCUT2D eigenvalue weighted by molar-refractivity contribution is -0.167. The van der Waals surface area contributed by atoms with Crippen LogP contribution in [0.1, 0.15) is 374 Å². The van der Waals surface area contributed by atoms with Crippen LogP contribution < -0.4 is 0 Å². The molecule has 1 atom stereocenters. The van der Waals surface area contributed by atoms with Gasteiger partial charge in [0, 0.05) is 19.3 Å². The van der Waals surface area contributed by atoms with E-state index in [9.17, 15) is 14.4 Å². The van der Waals surface area contributed by atoms with Gasteiger partial charge >= 0.3 is 17.9 Å². The maximum absolute atomic E-state index is 12.9. The molecule has 0 bridgehead atoms. The number of allylic oxidation sites excluding steroid dienone is 6. The Balaban J connectivity index is 4.30. The molecule has 6 heteroatoms. The third-order valence-electron chi connectivity index (χ3n) is 15.4. The Morgan fingerprint density at radius 3 is 0.763 bits per heavy atom. The average molecular weight is 1070 g/mol. The molecule has 0 heterocycles. The summed E-state index contributed by atoms with van der Waals surface area (Å²) in [5.41, 5.74) is 0. The maximum atomic E-state index is 12.9. The van der Waals surface area contributed by atoms with Gasteiger partial charge in [0.25, 0.3) is 0 Å². The Morgan fingerprint density at radius 1 is 0.263 bits per heavy atom. The second-order valence-corrected chi connectivity index (χ2v) is 23.1. The highest BCUT2D eigenvalue weighted by Crippen LogP contribution is 2.18. The first kappa shape index (κ1) is 73.6. The van der Waals surface area contributed by atoms with Crippen LogP contribution >= 0.6 is 0 Å². The number of esters is 3. The minimum atomic E-state index is -0.777. The highest BCUT2D eigenvalue weighted by atomic mass is 16.6. The Morgan fingerprint density at radius 2 is 0.474 bits per heavy atom. The number of carbonyl (C=O) groups is 3. The molecule has 0 aliphatic carbocycles. The van der Waals surface area contributed by atoms with Gasteiger partial charge in [-0.15, -0.1) is 0 Å². The molecule has 0 aromatic heterocycles. The molecule has 0 radical (unpaired) electrons. The SMILES string of the molecule is CCCCC/C=C\C/C=C\CCCCCCCCCC(=O)OCC(COC(=O)CCCCCCCCCCCCCCCCCCCCCCCCC)OC(=O)CCCCCCCCC/C=C\CCCCCCCCC. The summed E-state index contributed by atoms with van der Waals surface area (Å²) in [5, 5.41) is 0. The number of unbranched alkanes of at least 4 members (excludes halogenated alkanes) is 46. The van der Waals surface area contributed by atoms with E-state index in [1.54, 1.807) is 0 Å². The average Bonchev–Trinajstić information content (AvgIpc) is 3.42. The minimum absolute atomic E-state index is 0.0719. The number of carbonyl (C=O) groups excluding carboxylic acids is 3. The van der Waals surface area contributed by atoms with Gasteiger partial charge in [0.15, 0.2) is 6.10 Å². The van der Waals surface area contributed by atoms with Crippen molar-refractivity contribution in [3.63, 3.8) is 0 Å². The van der Waals surface area contributed by atoms with E-state index in [0.717, 1.165) is 70.6 Å². The fraction of sp³-hybridized carbons (Fsp3) is 0.871. The minimum Gasteiger partial charge on any atom is -0.462 e. The van der Waals surface area contributed by atoms with Crippen LogP contribution in [0.5, 0.6) is 0 Å². The lowest BCUT2D eigenvalue weighted by Crippen LogP contribution is -2.30. The fourth-order valence-corrected chi connectivity index (χ4v) is 10.2. The zero-order valence-corrected chi connectivity index (χ0v) is 51.3. The van der Waals surface area contributed by atoms with Crippen molar-refractivity contribution in [1.82, 2.24) is 0 Å². The first-order valence-electron chi connectivity index (χ1n) is 34.0. The van der Waals surface area contributed by atoms with Gasteiger partial charge in [0.1, 0.15) is 13.2 Å². The second-order valence-electron chi connectivity index (χ2n) is 23.1. The van der Waals surface area contributed by atoms with Crippen LogP contribution in [0.25, 0.3) is 0 Å². The molecule has 0 amide bonds. The molecule has 0 saturated heterocycles. The Hall–Kier alpha value is -2.37. The summed E-state index contributed by atoms with van der Waals surface area (Å²) in [6.07, 6.45) is 80.1. The molecule has 76 heavy (non-hydrogen) atoms. The topological polar surface area (TPSA) is 78.9 Å². The van der Waals surface area contributed by atoms with E-state index in [0.29, 0.717) is 19.3 Å². The third kappa shape index (κ3) is 62.5. The van der Waals surface area contributed by atoms with Crippen molar-refractivity contribution in [1.29, 1.82) is 0 Å². The van der Waals surface area contributed by atoms with Gasteiger partial charge in [0.05, 0.1) is 0 Å². The standard InChI is InChI=1S/C70H130O6/c1-4-7-10-13-16-19-22-25-28-31-33-34-35-36-37-40-42-45-48-51-54-57-60-63-69(72)75-66-67(65-74-68(71)62-59-56-53-50-47-44-41-38-30-27-24-21-18-15-12-9-6-3)76-70(73)64-61-58-55-52-49-46-43-39-32-29-26-23-20-17-14-11-8-5-2/h18,21,27,29-30,32,67H,4-17,19-20,22-26,28,31,33-66H2,1-3H3/b21-18-,30-27-,32-29-. The predicted octanol–water partition coefficient (Wildman–Crippen LogP) is 23.2. The smallest absolute Gasteiger partial charge is 0.306 e. The van der Waals surface area contributed by atoms with Gasteiger partial charge < -0.3 is 14.2 Å². The quantitative estimate of drug-likeness (QED) is 0.0261. The second kappa shape index (κ2) is 65.2. The lowest BCUT2D eigenvalue weighted by Gasteiger charge is -2.18. The number of hydrogen-bond donors (Lipinski definition) is 0. The van der Waals surface area contributed by atoms with E-state index in [1.165, 1.54) is 263 Å². The zero-order valence-electron chi connectivity index (χ0n) is 51.3. The zero-order chi connectivity index (χ0) is 55.0. The van der Waals surface area contributed by atoms with E-state index in [2.05, 4.69) is 57.2 Å². The van der Waals surface area contributed by atoms with Crippen molar-refractivity contribution in [3.8, 4) is 0 Å². The van der Waals surface area contributed by atoms with Gasteiger partial charge in [-0.05, 0) is 77.0 Å². The van der Waals surface area contributed by atoms with Crippen LogP contribution in [-0.4, -0.2) is 37.2 Å². The molecule has 0 rings (SSSR count). The van der Waals surface area contributed by atoms with Gasteiger partial charge in [-0.2, -0.15) is 0 Å². The lowest BCUT2D eigenvalue weighted by atomic mass is 10.0. The number of hydrogen-bond acceptors (Lipinski definition) is 6. The Kier molecular flexibility index (Phi) is 63.1. The monoisotopic (exact) mass is 1070 g/mol.